The van der Waals surface area contributed by atoms with Crippen LogP contribution in [0.3, 0.4) is 0 Å². The van der Waals surface area contributed by atoms with Gasteiger partial charge in [-0.3, -0.25) is 0 Å². The van der Waals surface area contributed by atoms with Crippen molar-refractivity contribution in [3.8, 4) is 11.1 Å². The standard InChI is InChI=1S/C33H20/c1-2-10-27-25(8-1)26-9-3-4-11-28(26)30-18-22(15-17-29(27)30)24-16-14-21-13-12-20-6-5-7-23-19-31(24)33(21)32(20)23/h1-18H,19H2. The number of hydrogen-bond acceptors (Lipinski definition) is 0. The first kappa shape index (κ1) is 17.4. The lowest BCUT2D eigenvalue weighted by Gasteiger charge is -2.14. The van der Waals surface area contributed by atoms with Gasteiger partial charge in [0, 0.05) is 0 Å². The van der Waals surface area contributed by atoms with Crippen LogP contribution in [0.15, 0.2) is 109 Å². The summed E-state index contributed by atoms with van der Waals surface area (Å²) in [5.41, 5.74) is 5.61. The Bertz CT molecular complexity index is 1900. The van der Waals surface area contributed by atoms with E-state index in [9.17, 15) is 0 Å². The summed E-state index contributed by atoms with van der Waals surface area (Å²) in [5, 5.41) is 13.6. The lowest BCUT2D eigenvalue weighted by Crippen LogP contribution is -1.89. The van der Waals surface area contributed by atoms with Crippen molar-refractivity contribution >= 4 is 53.9 Å². The van der Waals surface area contributed by atoms with Crippen LogP contribution in [0.4, 0.5) is 0 Å². The first-order valence-corrected chi connectivity index (χ1v) is 11.7. The Hall–Kier alpha value is -4.16. The molecule has 0 N–H and O–H groups in total. The molecule has 0 radical (unpaired) electrons. The van der Waals surface area contributed by atoms with Crippen LogP contribution >= 0.6 is 0 Å². The first-order chi connectivity index (χ1) is 16.4. The van der Waals surface area contributed by atoms with E-state index in [1.807, 2.05) is 0 Å². The topological polar surface area (TPSA) is 0 Å². The molecular weight excluding hydrogens is 396 g/mol. The molecule has 0 atom stereocenters. The minimum atomic E-state index is 1.01. The zero-order valence-electron chi connectivity index (χ0n) is 18.1. The summed E-state index contributed by atoms with van der Waals surface area (Å²) in [4.78, 5) is 0. The molecule has 0 saturated carbocycles. The van der Waals surface area contributed by atoms with Crippen molar-refractivity contribution < 1.29 is 0 Å². The Morgan fingerprint density at radius 1 is 0.424 bits per heavy atom. The minimum Gasteiger partial charge on any atom is -0.0616 e. The predicted molar refractivity (Wildman–Crippen MR) is 142 cm³/mol. The third-order valence-corrected chi connectivity index (χ3v) is 7.64. The fraction of sp³-hybridized carbons (Fsp3) is 0.0303. The van der Waals surface area contributed by atoms with Gasteiger partial charge in [-0.1, -0.05) is 103 Å². The van der Waals surface area contributed by atoms with E-state index in [4.69, 9.17) is 0 Å². The van der Waals surface area contributed by atoms with Gasteiger partial charge in [0.15, 0.2) is 0 Å². The maximum atomic E-state index is 2.42. The second-order valence-corrected chi connectivity index (χ2v) is 9.30. The van der Waals surface area contributed by atoms with Crippen LogP contribution in [-0.2, 0) is 6.42 Å². The van der Waals surface area contributed by atoms with Crippen molar-refractivity contribution in [2.45, 2.75) is 6.42 Å². The minimum absolute atomic E-state index is 1.01. The van der Waals surface area contributed by atoms with Crippen LogP contribution in [0, 0.1) is 0 Å². The summed E-state index contributed by atoms with van der Waals surface area (Å²) < 4.78 is 0. The van der Waals surface area contributed by atoms with Gasteiger partial charge in [-0.25, -0.2) is 0 Å². The molecule has 7 aromatic rings. The Labute approximate surface area is 191 Å². The molecule has 0 nitrogen and oxygen atoms in total. The molecule has 0 fully saturated rings. The van der Waals surface area contributed by atoms with Gasteiger partial charge in [-0.2, -0.15) is 0 Å². The molecule has 1 aliphatic rings. The third kappa shape index (κ3) is 2.25. The molecule has 0 saturated heterocycles. The average Bonchev–Trinajstić information content (AvgIpc) is 3.28. The second-order valence-electron chi connectivity index (χ2n) is 9.30. The molecule has 0 heterocycles. The molecule has 0 unspecified atom stereocenters. The summed E-state index contributed by atoms with van der Waals surface area (Å²) in [6, 6.07) is 40.6. The zero-order chi connectivity index (χ0) is 21.5. The zero-order valence-corrected chi connectivity index (χ0v) is 18.1. The molecule has 0 aromatic heterocycles. The number of hydrogen-bond donors (Lipinski definition) is 0. The molecule has 0 amide bonds. The summed E-state index contributed by atoms with van der Waals surface area (Å²) >= 11 is 0. The maximum Gasteiger partial charge on any atom is -0.000684 e. The smallest absolute Gasteiger partial charge is 0.000684 e. The summed E-state index contributed by atoms with van der Waals surface area (Å²) in [6.07, 6.45) is 1.01. The van der Waals surface area contributed by atoms with Crippen LogP contribution in [0.2, 0.25) is 0 Å². The number of rotatable bonds is 1. The quantitative estimate of drug-likeness (QED) is 0.234. The van der Waals surface area contributed by atoms with Crippen molar-refractivity contribution in [1.82, 2.24) is 0 Å². The van der Waals surface area contributed by atoms with Crippen LogP contribution in [0.1, 0.15) is 11.1 Å². The van der Waals surface area contributed by atoms with Gasteiger partial charge < -0.3 is 0 Å². The summed E-state index contributed by atoms with van der Waals surface area (Å²) in [6.45, 7) is 0. The highest BCUT2D eigenvalue weighted by molar-refractivity contribution is 6.26. The van der Waals surface area contributed by atoms with Gasteiger partial charge in [-0.05, 0) is 88.6 Å². The molecular formula is C33H20. The molecule has 0 heteroatoms. The Balaban J connectivity index is 1.47. The van der Waals surface area contributed by atoms with Gasteiger partial charge >= 0.3 is 0 Å². The van der Waals surface area contributed by atoms with Crippen LogP contribution in [0.25, 0.3) is 65.0 Å². The average molecular weight is 417 g/mol. The van der Waals surface area contributed by atoms with E-state index in [2.05, 4.69) is 109 Å². The maximum absolute atomic E-state index is 2.42. The van der Waals surface area contributed by atoms with E-state index >= 15 is 0 Å². The molecule has 7 aromatic carbocycles. The van der Waals surface area contributed by atoms with E-state index in [0.717, 1.165) is 6.42 Å². The highest BCUT2D eigenvalue weighted by Crippen LogP contribution is 2.44. The highest BCUT2D eigenvalue weighted by Gasteiger charge is 2.21. The van der Waals surface area contributed by atoms with Gasteiger partial charge in [0.1, 0.15) is 0 Å². The third-order valence-electron chi connectivity index (χ3n) is 7.64. The van der Waals surface area contributed by atoms with Crippen molar-refractivity contribution in [3.63, 3.8) is 0 Å². The summed E-state index contributed by atoms with van der Waals surface area (Å²) in [5.74, 6) is 0. The second kappa shape index (κ2) is 6.21. The largest absolute Gasteiger partial charge is 0.0616 e. The molecule has 0 spiro atoms. The Kier molecular flexibility index (Phi) is 3.27. The molecule has 33 heavy (non-hydrogen) atoms. The predicted octanol–water partition coefficient (Wildman–Crippen LogP) is 9.02. The van der Waals surface area contributed by atoms with Crippen LogP contribution in [0.5, 0.6) is 0 Å². The van der Waals surface area contributed by atoms with Gasteiger partial charge in [0.25, 0.3) is 0 Å². The van der Waals surface area contributed by atoms with Crippen molar-refractivity contribution in [2.75, 3.05) is 0 Å². The number of benzene rings is 7. The molecule has 152 valence electrons. The lowest BCUT2D eigenvalue weighted by atomic mass is 9.90. The van der Waals surface area contributed by atoms with Crippen molar-refractivity contribution in [2.24, 2.45) is 0 Å². The summed E-state index contributed by atoms with van der Waals surface area (Å²) in [7, 11) is 0. The lowest BCUT2D eigenvalue weighted by molar-refractivity contribution is 1.27. The normalized spacial score (nSPS) is 12.7. The molecule has 8 rings (SSSR count). The highest BCUT2D eigenvalue weighted by atomic mass is 14.2. The molecule has 1 aliphatic carbocycles. The van der Waals surface area contributed by atoms with E-state index in [0.29, 0.717) is 0 Å². The van der Waals surface area contributed by atoms with E-state index in [-0.39, 0.29) is 0 Å². The first-order valence-electron chi connectivity index (χ1n) is 11.7. The van der Waals surface area contributed by atoms with E-state index < -0.39 is 0 Å². The molecule has 0 bridgehead atoms. The fourth-order valence-electron chi connectivity index (χ4n) is 6.21. The van der Waals surface area contributed by atoms with Crippen LogP contribution in [-0.4, -0.2) is 0 Å². The van der Waals surface area contributed by atoms with Crippen molar-refractivity contribution in [3.05, 3.63) is 120 Å². The van der Waals surface area contributed by atoms with Gasteiger partial charge in [0.05, 0.1) is 0 Å². The monoisotopic (exact) mass is 416 g/mol. The SMILES string of the molecule is c1cc2c3c(c1)ccc1ccc(-c4ccc5c6ccccc6c6ccccc6c5c4)c(c13)C2. The van der Waals surface area contributed by atoms with Crippen LogP contribution < -0.4 is 0 Å². The van der Waals surface area contributed by atoms with Gasteiger partial charge in [0.2, 0.25) is 0 Å². The Morgan fingerprint density at radius 3 is 1.76 bits per heavy atom. The Morgan fingerprint density at radius 2 is 1.03 bits per heavy atom. The van der Waals surface area contributed by atoms with Gasteiger partial charge in [-0.15, -0.1) is 0 Å². The van der Waals surface area contributed by atoms with Crippen molar-refractivity contribution in [1.29, 1.82) is 0 Å². The molecule has 0 aliphatic heterocycles. The van der Waals surface area contributed by atoms with E-state index in [1.54, 1.807) is 0 Å². The number of fused-ring (bicyclic) bond motifs is 6. The fourth-order valence-corrected chi connectivity index (χ4v) is 6.21. The van der Waals surface area contributed by atoms with E-state index in [1.165, 1.54) is 76.1 Å².